The summed E-state index contributed by atoms with van der Waals surface area (Å²) in [5.41, 5.74) is 1.40. The minimum atomic E-state index is -0.890. The van der Waals surface area contributed by atoms with Crippen molar-refractivity contribution in [2.45, 2.75) is 12.7 Å². The summed E-state index contributed by atoms with van der Waals surface area (Å²) in [6.07, 6.45) is 0. The van der Waals surface area contributed by atoms with E-state index in [1.54, 1.807) is 25.3 Å². The van der Waals surface area contributed by atoms with E-state index in [0.29, 0.717) is 22.8 Å². The Bertz CT molecular complexity index is 410. The zero-order valence-electron chi connectivity index (χ0n) is 8.82. The lowest BCUT2D eigenvalue weighted by Gasteiger charge is -2.07. The Morgan fingerprint density at radius 1 is 1.53 bits per heavy atom. The molecule has 4 heteroatoms. The standard InChI is InChI=1S/C11H13NO2S/c1-3-15(13)8-10-6-9(7-12)4-5-11(10)14-2/h4-6H,3,8H2,1-2H3. The molecule has 0 aliphatic rings. The number of methoxy groups -OCH3 is 1. The van der Waals surface area contributed by atoms with E-state index in [-0.39, 0.29) is 0 Å². The number of ether oxygens (including phenoxy) is 1. The summed E-state index contributed by atoms with van der Waals surface area (Å²) in [7, 11) is 0.680. The fourth-order valence-electron chi connectivity index (χ4n) is 1.24. The number of rotatable bonds is 4. The second-order valence-corrected chi connectivity index (χ2v) is 4.76. The summed E-state index contributed by atoms with van der Waals surface area (Å²) in [5, 5.41) is 8.75. The topological polar surface area (TPSA) is 50.1 Å². The number of nitrogens with zero attached hydrogens (tertiary/aromatic N) is 1. The number of hydrogen-bond donors (Lipinski definition) is 0. The van der Waals surface area contributed by atoms with Crippen LogP contribution in [0.25, 0.3) is 0 Å². The van der Waals surface area contributed by atoms with E-state index in [1.165, 1.54) is 0 Å². The van der Waals surface area contributed by atoms with Crippen LogP contribution in [0, 0.1) is 11.3 Å². The molecule has 0 aliphatic heterocycles. The Kier molecular flexibility index (Phi) is 4.32. The van der Waals surface area contributed by atoms with Gasteiger partial charge in [0.15, 0.2) is 0 Å². The molecule has 1 aromatic carbocycles. The van der Waals surface area contributed by atoms with Crippen molar-refractivity contribution in [2.75, 3.05) is 12.9 Å². The van der Waals surface area contributed by atoms with Crippen LogP contribution in [-0.4, -0.2) is 17.1 Å². The van der Waals surface area contributed by atoms with Crippen molar-refractivity contribution in [3.8, 4) is 11.8 Å². The van der Waals surface area contributed by atoms with Gasteiger partial charge in [0.05, 0.1) is 24.5 Å². The number of nitriles is 1. The first kappa shape index (κ1) is 11.7. The largest absolute Gasteiger partial charge is 0.496 e. The highest BCUT2D eigenvalue weighted by Gasteiger charge is 2.07. The van der Waals surface area contributed by atoms with E-state index in [0.717, 1.165) is 5.56 Å². The van der Waals surface area contributed by atoms with Gasteiger partial charge in [0.25, 0.3) is 0 Å². The Balaban J connectivity index is 3.02. The molecular formula is C11H13NO2S. The van der Waals surface area contributed by atoms with Gasteiger partial charge in [-0.2, -0.15) is 5.26 Å². The predicted octanol–water partition coefficient (Wildman–Crippen LogP) is 1.84. The average molecular weight is 223 g/mol. The highest BCUT2D eigenvalue weighted by atomic mass is 32.2. The van der Waals surface area contributed by atoms with Crippen LogP contribution in [0.2, 0.25) is 0 Å². The fourth-order valence-corrected chi connectivity index (χ4v) is 2.01. The van der Waals surface area contributed by atoms with Gasteiger partial charge < -0.3 is 4.74 Å². The molecule has 1 atom stereocenters. The summed E-state index contributed by atoms with van der Waals surface area (Å²) in [6, 6.07) is 7.21. The lowest BCUT2D eigenvalue weighted by atomic mass is 10.1. The molecule has 1 unspecified atom stereocenters. The van der Waals surface area contributed by atoms with Crippen LogP contribution in [-0.2, 0) is 16.6 Å². The molecule has 0 aromatic heterocycles. The van der Waals surface area contributed by atoms with E-state index in [4.69, 9.17) is 10.00 Å². The minimum absolute atomic E-state index is 0.440. The summed E-state index contributed by atoms with van der Waals surface area (Å²) in [4.78, 5) is 0. The van der Waals surface area contributed by atoms with Crippen molar-refractivity contribution in [2.24, 2.45) is 0 Å². The molecule has 0 bridgehead atoms. The average Bonchev–Trinajstić information content (AvgIpc) is 2.28. The third-order valence-electron chi connectivity index (χ3n) is 2.05. The first-order valence-electron chi connectivity index (χ1n) is 4.63. The van der Waals surface area contributed by atoms with E-state index in [2.05, 4.69) is 6.07 Å². The number of hydrogen-bond acceptors (Lipinski definition) is 3. The van der Waals surface area contributed by atoms with Crippen molar-refractivity contribution in [1.82, 2.24) is 0 Å². The van der Waals surface area contributed by atoms with Crippen molar-refractivity contribution < 1.29 is 8.95 Å². The minimum Gasteiger partial charge on any atom is -0.496 e. The Morgan fingerprint density at radius 2 is 2.27 bits per heavy atom. The molecule has 0 fully saturated rings. The molecule has 0 amide bonds. The highest BCUT2D eigenvalue weighted by Crippen LogP contribution is 2.21. The van der Waals surface area contributed by atoms with Gasteiger partial charge in [-0.3, -0.25) is 4.21 Å². The van der Waals surface area contributed by atoms with Crippen molar-refractivity contribution in [1.29, 1.82) is 5.26 Å². The monoisotopic (exact) mass is 223 g/mol. The van der Waals surface area contributed by atoms with Crippen LogP contribution in [0.15, 0.2) is 18.2 Å². The van der Waals surface area contributed by atoms with Crippen molar-refractivity contribution >= 4 is 10.8 Å². The molecule has 80 valence electrons. The summed E-state index contributed by atoms with van der Waals surface area (Å²) >= 11 is 0. The van der Waals surface area contributed by atoms with Crippen LogP contribution in [0.3, 0.4) is 0 Å². The smallest absolute Gasteiger partial charge is 0.123 e. The second kappa shape index (κ2) is 5.52. The van der Waals surface area contributed by atoms with Gasteiger partial charge in [-0.25, -0.2) is 0 Å². The molecular weight excluding hydrogens is 210 g/mol. The van der Waals surface area contributed by atoms with Gasteiger partial charge in [0.2, 0.25) is 0 Å². The fraction of sp³-hybridized carbons (Fsp3) is 0.364. The molecule has 1 aromatic rings. The second-order valence-electron chi connectivity index (χ2n) is 3.01. The molecule has 3 nitrogen and oxygen atoms in total. The molecule has 0 spiro atoms. The molecule has 0 saturated carbocycles. The maximum atomic E-state index is 11.4. The van der Waals surface area contributed by atoms with Crippen LogP contribution in [0.5, 0.6) is 5.75 Å². The Labute approximate surface area is 92.1 Å². The third-order valence-corrected chi connectivity index (χ3v) is 3.32. The van der Waals surface area contributed by atoms with Crippen LogP contribution >= 0.6 is 0 Å². The summed E-state index contributed by atoms with van der Waals surface area (Å²) < 4.78 is 16.6. The zero-order chi connectivity index (χ0) is 11.3. The first-order chi connectivity index (χ1) is 7.21. The lowest BCUT2D eigenvalue weighted by molar-refractivity contribution is 0.411. The quantitative estimate of drug-likeness (QED) is 0.782. The summed E-state index contributed by atoms with van der Waals surface area (Å²) in [6.45, 7) is 1.87. The van der Waals surface area contributed by atoms with Gasteiger partial charge in [-0.1, -0.05) is 6.92 Å². The normalized spacial score (nSPS) is 11.8. The first-order valence-corrected chi connectivity index (χ1v) is 6.12. The van der Waals surface area contributed by atoms with Gasteiger partial charge in [-0.15, -0.1) is 0 Å². The lowest BCUT2D eigenvalue weighted by Crippen LogP contribution is -2.00. The van der Waals surface area contributed by atoms with Crippen LogP contribution in [0.1, 0.15) is 18.1 Å². The maximum absolute atomic E-state index is 11.4. The van der Waals surface area contributed by atoms with Crippen LogP contribution in [0.4, 0.5) is 0 Å². The predicted molar refractivity (Wildman–Crippen MR) is 60.1 cm³/mol. The van der Waals surface area contributed by atoms with Gasteiger partial charge >= 0.3 is 0 Å². The van der Waals surface area contributed by atoms with Gasteiger partial charge in [-0.05, 0) is 18.2 Å². The van der Waals surface area contributed by atoms with E-state index >= 15 is 0 Å². The molecule has 0 heterocycles. The molecule has 0 radical (unpaired) electrons. The Hall–Kier alpha value is -1.34. The molecule has 0 N–H and O–H groups in total. The SMILES string of the molecule is CCS(=O)Cc1cc(C#N)ccc1OC. The third kappa shape index (κ3) is 3.07. The van der Waals surface area contributed by atoms with Gasteiger partial charge in [0, 0.05) is 22.1 Å². The maximum Gasteiger partial charge on any atom is 0.123 e. The molecule has 1 rings (SSSR count). The van der Waals surface area contributed by atoms with Gasteiger partial charge in [0.1, 0.15) is 5.75 Å². The van der Waals surface area contributed by atoms with E-state index in [1.807, 2.05) is 6.92 Å². The van der Waals surface area contributed by atoms with Crippen molar-refractivity contribution in [3.63, 3.8) is 0 Å². The van der Waals surface area contributed by atoms with Crippen LogP contribution < -0.4 is 4.74 Å². The Morgan fingerprint density at radius 3 is 2.80 bits per heavy atom. The molecule has 0 aliphatic carbocycles. The summed E-state index contributed by atoms with van der Waals surface area (Å²) in [5.74, 6) is 1.74. The highest BCUT2D eigenvalue weighted by molar-refractivity contribution is 7.84. The van der Waals surface area contributed by atoms with E-state index in [9.17, 15) is 4.21 Å². The molecule has 0 saturated heterocycles. The van der Waals surface area contributed by atoms with E-state index < -0.39 is 10.8 Å². The molecule has 15 heavy (non-hydrogen) atoms. The number of benzene rings is 1. The zero-order valence-corrected chi connectivity index (χ0v) is 9.63. The van der Waals surface area contributed by atoms with Crippen molar-refractivity contribution in [3.05, 3.63) is 29.3 Å².